The minimum atomic E-state index is -0.128. The number of nitrogens with one attached hydrogen (secondary N) is 1. The molecule has 0 bridgehead atoms. The van der Waals surface area contributed by atoms with Crippen LogP contribution in [-0.2, 0) is 11.4 Å². The molecule has 1 aromatic heterocycles. The van der Waals surface area contributed by atoms with Crippen LogP contribution in [-0.4, -0.2) is 21.9 Å². The molecule has 3 rings (SSSR count). The summed E-state index contributed by atoms with van der Waals surface area (Å²) in [4.78, 5) is 12.0. The zero-order chi connectivity index (χ0) is 19.2. The minimum absolute atomic E-state index is 0.128. The Labute approximate surface area is 162 Å². The molecule has 0 aliphatic heterocycles. The van der Waals surface area contributed by atoms with Gasteiger partial charge in [-0.1, -0.05) is 30.0 Å². The van der Waals surface area contributed by atoms with Crippen molar-refractivity contribution in [1.82, 2.24) is 10.2 Å². The monoisotopic (exact) mass is 383 g/mol. The largest absolute Gasteiger partial charge is 0.484 e. The first-order chi connectivity index (χ1) is 13.0. The van der Waals surface area contributed by atoms with Crippen molar-refractivity contribution in [2.24, 2.45) is 0 Å². The van der Waals surface area contributed by atoms with Crippen LogP contribution in [0.15, 0.2) is 52.1 Å². The summed E-state index contributed by atoms with van der Waals surface area (Å²) in [5, 5.41) is 11.1. The van der Waals surface area contributed by atoms with Gasteiger partial charge in [0.15, 0.2) is 6.61 Å². The summed E-state index contributed by atoms with van der Waals surface area (Å²) in [5.74, 6) is 1.18. The van der Waals surface area contributed by atoms with Crippen LogP contribution in [0.2, 0.25) is 0 Å². The van der Waals surface area contributed by atoms with Gasteiger partial charge in [-0.05, 0) is 61.7 Å². The number of carbonyl (C=O) groups is 1. The first-order valence-electron chi connectivity index (χ1n) is 8.51. The molecule has 0 radical (unpaired) electrons. The molecule has 0 saturated heterocycles. The third-order valence-corrected chi connectivity index (χ3v) is 4.74. The number of anilines is 1. The Morgan fingerprint density at radius 3 is 2.74 bits per heavy atom. The topological polar surface area (TPSA) is 77.2 Å². The van der Waals surface area contributed by atoms with E-state index in [9.17, 15) is 4.79 Å². The van der Waals surface area contributed by atoms with Gasteiger partial charge in [-0.15, -0.1) is 10.2 Å². The Bertz CT molecular complexity index is 940. The van der Waals surface area contributed by atoms with Crippen molar-refractivity contribution in [3.05, 3.63) is 65.0 Å². The van der Waals surface area contributed by atoms with Gasteiger partial charge in [0.2, 0.25) is 5.91 Å². The molecule has 0 atom stereocenters. The Kier molecular flexibility index (Phi) is 6.13. The smallest absolute Gasteiger partial charge is 0.277 e. The predicted octanol–water partition coefficient (Wildman–Crippen LogP) is 4.30. The van der Waals surface area contributed by atoms with Crippen LogP contribution in [0, 0.1) is 20.8 Å². The van der Waals surface area contributed by atoms with E-state index in [4.69, 9.17) is 9.15 Å². The standard InChI is InChI=1S/C20H21N3O3S/c1-13-5-4-6-16(9-13)21-18(24)12-27-20-23-22-19(26-20)11-25-17-8-7-14(2)15(3)10-17/h4-10H,11-12H2,1-3H3,(H,21,24). The average molecular weight is 383 g/mol. The second-order valence-electron chi connectivity index (χ2n) is 6.20. The number of nitrogens with zero attached hydrogens (tertiary/aromatic N) is 2. The number of amides is 1. The SMILES string of the molecule is Cc1cccc(NC(=O)CSc2nnc(COc3ccc(C)c(C)c3)o2)c1. The molecule has 0 saturated carbocycles. The normalized spacial score (nSPS) is 10.6. The summed E-state index contributed by atoms with van der Waals surface area (Å²) < 4.78 is 11.2. The first kappa shape index (κ1) is 19.0. The second-order valence-corrected chi connectivity index (χ2v) is 7.13. The number of aryl methyl sites for hydroxylation is 3. The third-order valence-electron chi connectivity index (χ3n) is 3.92. The molecular weight excluding hydrogens is 362 g/mol. The summed E-state index contributed by atoms with van der Waals surface area (Å²) >= 11 is 1.19. The molecule has 7 heteroatoms. The molecule has 2 aromatic carbocycles. The van der Waals surface area contributed by atoms with Crippen molar-refractivity contribution in [1.29, 1.82) is 0 Å². The lowest BCUT2D eigenvalue weighted by molar-refractivity contribution is -0.113. The summed E-state index contributed by atoms with van der Waals surface area (Å²) in [6.45, 7) is 6.25. The Hall–Kier alpha value is -2.80. The van der Waals surface area contributed by atoms with Gasteiger partial charge in [-0.3, -0.25) is 4.79 Å². The van der Waals surface area contributed by atoms with E-state index >= 15 is 0 Å². The van der Waals surface area contributed by atoms with Crippen LogP contribution in [0.4, 0.5) is 5.69 Å². The maximum Gasteiger partial charge on any atom is 0.277 e. The summed E-state index contributed by atoms with van der Waals surface area (Å²) in [7, 11) is 0. The zero-order valence-corrected chi connectivity index (χ0v) is 16.3. The molecular formula is C20H21N3O3S. The number of benzene rings is 2. The highest BCUT2D eigenvalue weighted by Crippen LogP contribution is 2.20. The molecule has 1 N–H and O–H groups in total. The van der Waals surface area contributed by atoms with Crippen molar-refractivity contribution in [2.45, 2.75) is 32.6 Å². The van der Waals surface area contributed by atoms with E-state index in [-0.39, 0.29) is 18.3 Å². The lowest BCUT2D eigenvalue weighted by Crippen LogP contribution is -2.13. The third kappa shape index (κ3) is 5.59. The van der Waals surface area contributed by atoms with E-state index in [1.807, 2.05) is 56.3 Å². The first-order valence-corrected chi connectivity index (χ1v) is 9.50. The molecule has 3 aromatic rings. The van der Waals surface area contributed by atoms with Crippen molar-refractivity contribution in [3.63, 3.8) is 0 Å². The number of aromatic nitrogens is 2. The average Bonchev–Trinajstić information content (AvgIpc) is 3.09. The van der Waals surface area contributed by atoms with Crippen molar-refractivity contribution >= 4 is 23.4 Å². The molecule has 0 fully saturated rings. The maximum atomic E-state index is 12.0. The zero-order valence-electron chi connectivity index (χ0n) is 15.5. The van der Waals surface area contributed by atoms with Gasteiger partial charge >= 0.3 is 0 Å². The number of hydrogen-bond acceptors (Lipinski definition) is 6. The molecule has 0 aliphatic rings. The lowest BCUT2D eigenvalue weighted by Gasteiger charge is -2.06. The second kappa shape index (κ2) is 8.73. The Morgan fingerprint density at radius 1 is 1.11 bits per heavy atom. The molecule has 6 nitrogen and oxygen atoms in total. The van der Waals surface area contributed by atoms with Gasteiger partial charge < -0.3 is 14.5 Å². The fourth-order valence-electron chi connectivity index (χ4n) is 2.35. The predicted molar refractivity (Wildman–Crippen MR) is 105 cm³/mol. The molecule has 0 aliphatic carbocycles. The van der Waals surface area contributed by atoms with Gasteiger partial charge in [0.25, 0.3) is 11.1 Å². The summed E-state index contributed by atoms with van der Waals surface area (Å²) in [5.41, 5.74) is 4.23. The van der Waals surface area contributed by atoms with Crippen LogP contribution < -0.4 is 10.1 Å². The van der Waals surface area contributed by atoms with E-state index in [2.05, 4.69) is 22.4 Å². The summed E-state index contributed by atoms with van der Waals surface area (Å²) in [6.07, 6.45) is 0. The molecule has 0 spiro atoms. The van der Waals surface area contributed by atoms with Crippen molar-refractivity contribution in [2.75, 3.05) is 11.1 Å². The van der Waals surface area contributed by atoms with Gasteiger partial charge in [0.1, 0.15) is 5.75 Å². The highest BCUT2D eigenvalue weighted by atomic mass is 32.2. The van der Waals surface area contributed by atoms with E-state index < -0.39 is 0 Å². The Balaban J connectivity index is 1.47. The fourth-order valence-corrected chi connectivity index (χ4v) is 2.93. The quantitative estimate of drug-likeness (QED) is 0.613. The molecule has 1 amide bonds. The van der Waals surface area contributed by atoms with E-state index in [0.29, 0.717) is 11.1 Å². The van der Waals surface area contributed by atoms with Crippen LogP contribution in [0.3, 0.4) is 0 Å². The summed E-state index contributed by atoms with van der Waals surface area (Å²) in [6, 6.07) is 13.5. The van der Waals surface area contributed by atoms with Crippen LogP contribution in [0.25, 0.3) is 0 Å². The number of carbonyl (C=O) groups excluding carboxylic acids is 1. The van der Waals surface area contributed by atoms with Crippen LogP contribution in [0.1, 0.15) is 22.6 Å². The highest BCUT2D eigenvalue weighted by Gasteiger charge is 2.11. The highest BCUT2D eigenvalue weighted by molar-refractivity contribution is 7.99. The van der Waals surface area contributed by atoms with Gasteiger partial charge in [-0.25, -0.2) is 0 Å². The van der Waals surface area contributed by atoms with Gasteiger partial charge in [0.05, 0.1) is 5.75 Å². The minimum Gasteiger partial charge on any atom is -0.484 e. The molecule has 27 heavy (non-hydrogen) atoms. The number of thioether (sulfide) groups is 1. The Morgan fingerprint density at radius 2 is 1.96 bits per heavy atom. The van der Waals surface area contributed by atoms with E-state index in [1.54, 1.807) is 0 Å². The van der Waals surface area contributed by atoms with Crippen molar-refractivity contribution < 1.29 is 13.9 Å². The molecule has 0 unspecified atom stereocenters. The molecule has 1 heterocycles. The van der Waals surface area contributed by atoms with E-state index in [0.717, 1.165) is 22.6 Å². The van der Waals surface area contributed by atoms with Crippen LogP contribution in [0.5, 0.6) is 5.75 Å². The van der Waals surface area contributed by atoms with Crippen LogP contribution >= 0.6 is 11.8 Å². The molecule has 140 valence electrons. The lowest BCUT2D eigenvalue weighted by atomic mass is 10.1. The maximum absolute atomic E-state index is 12.0. The number of ether oxygens (including phenoxy) is 1. The number of hydrogen-bond donors (Lipinski definition) is 1. The van der Waals surface area contributed by atoms with Crippen molar-refractivity contribution in [3.8, 4) is 5.75 Å². The van der Waals surface area contributed by atoms with Gasteiger partial charge in [-0.2, -0.15) is 0 Å². The fraction of sp³-hybridized carbons (Fsp3) is 0.250. The number of rotatable bonds is 7. The van der Waals surface area contributed by atoms with Gasteiger partial charge in [0, 0.05) is 5.69 Å². The van der Waals surface area contributed by atoms with E-state index in [1.165, 1.54) is 17.3 Å².